The molecule has 0 aliphatic heterocycles. The van der Waals surface area contributed by atoms with E-state index in [0.29, 0.717) is 24.4 Å². The molecule has 6 heteroatoms. The van der Waals surface area contributed by atoms with Gasteiger partial charge < -0.3 is 15.7 Å². The molecule has 2 rings (SSSR count). The Hall–Kier alpha value is -2.18. The second kappa shape index (κ2) is 9.20. The van der Waals surface area contributed by atoms with Crippen LogP contribution in [0.25, 0.3) is 0 Å². The molecular formula is C18H22N2O3S. The van der Waals surface area contributed by atoms with Crippen LogP contribution in [0.15, 0.2) is 59.5 Å². The van der Waals surface area contributed by atoms with Crippen molar-refractivity contribution in [2.45, 2.75) is 30.1 Å². The summed E-state index contributed by atoms with van der Waals surface area (Å²) in [5, 5.41) is 14.6. The SMILES string of the molecule is CC(O)CCNC(=O)Nc1cccc(CS(=O)c2ccccc2)c1. The molecule has 0 aliphatic carbocycles. The van der Waals surface area contributed by atoms with Crippen molar-refractivity contribution in [1.29, 1.82) is 0 Å². The summed E-state index contributed by atoms with van der Waals surface area (Å²) in [4.78, 5) is 12.6. The maximum Gasteiger partial charge on any atom is 0.319 e. The fourth-order valence-corrected chi connectivity index (χ4v) is 3.23. The van der Waals surface area contributed by atoms with Crippen molar-refractivity contribution in [3.8, 4) is 0 Å². The number of carbonyl (C=O) groups excluding carboxylic acids is 1. The molecule has 3 N–H and O–H groups in total. The van der Waals surface area contributed by atoms with Crippen molar-refractivity contribution in [2.24, 2.45) is 0 Å². The lowest BCUT2D eigenvalue weighted by Crippen LogP contribution is -2.30. The Balaban J connectivity index is 1.91. The summed E-state index contributed by atoms with van der Waals surface area (Å²) in [6, 6.07) is 16.3. The lowest BCUT2D eigenvalue weighted by atomic mass is 10.2. The van der Waals surface area contributed by atoms with Crippen molar-refractivity contribution in [3.63, 3.8) is 0 Å². The molecule has 0 saturated heterocycles. The highest BCUT2D eigenvalue weighted by molar-refractivity contribution is 7.84. The van der Waals surface area contributed by atoms with Crippen molar-refractivity contribution in [2.75, 3.05) is 11.9 Å². The summed E-state index contributed by atoms with van der Waals surface area (Å²) in [6.07, 6.45) is 0.0605. The van der Waals surface area contributed by atoms with E-state index in [1.54, 1.807) is 13.0 Å². The van der Waals surface area contributed by atoms with Crippen LogP contribution in [0.3, 0.4) is 0 Å². The van der Waals surface area contributed by atoms with Crippen LogP contribution in [-0.2, 0) is 16.6 Å². The standard InChI is InChI=1S/C18H22N2O3S/c1-14(21)10-11-19-18(22)20-16-7-5-6-15(12-16)13-24(23)17-8-3-2-4-9-17/h2-9,12,14,21H,10-11,13H2,1H3,(H2,19,20,22). The van der Waals surface area contributed by atoms with Gasteiger partial charge in [0, 0.05) is 17.1 Å². The molecule has 2 atom stereocenters. The lowest BCUT2D eigenvalue weighted by molar-refractivity contribution is 0.184. The number of aliphatic hydroxyl groups is 1. The molecule has 2 aromatic rings. The third kappa shape index (κ3) is 6.14. The predicted octanol–water partition coefficient (Wildman–Crippen LogP) is 2.89. The minimum Gasteiger partial charge on any atom is -0.393 e. The van der Waals surface area contributed by atoms with Gasteiger partial charge in [0.05, 0.1) is 22.7 Å². The molecule has 0 bridgehead atoms. The van der Waals surface area contributed by atoms with E-state index in [-0.39, 0.29) is 6.03 Å². The zero-order chi connectivity index (χ0) is 17.4. The van der Waals surface area contributed by atoms with Crippen molar-refractivity contribution in [3.05, 3.63) is 60.2 Å². The second-order valence-electron chi connectivity index (χ2n) is 5.52. The van der Waals surface area contributed by atoms with Crippen molar-refractivity contribution in [1.82, 2.24) is 5.32 Å². The topological polar surface area (TPSA) is 78.4 Å². The number of hydrogen-bond acceptors (Lipinski definition) is 3. The Labute approximate surface area is 144 Å². The normalized spacial score (nSPS) is 13.1. The number of hydrogen-bond donors (Lipinski definition) is 3. The molecule has 0 aliphatic rings. The summed E-state index contributed by atoms with van der Waals surface area (Å²) in [5.41, 5.74) is 1.53. The largest absolute Gasteiger partial charge is 0.393 e. The summed E-state index contributed by atoms with van der Waals surface area (Å²) < 4.78 is 12.3. The molecule has 2 unspecified atom stereocenters. The first kappa shape index (κ1) is 18.2. The average Bonchev–Trinajstić information content (AvgIpc) is 2.55. The highest BCUT2D eigenvalue weighted by Gasteiger charge is 2.07. The van der Waals surface area contributed by atoms with E-state index in [2.05, 4.69) is 10.6 Å². The van der Waals surface area contributed by atoms with Crippen molar-refractivity contribution < 1.29 is 14.1 Å². The van der Waals surface area contributed by atoms with Gasteiger partial charge in [0.2, 0.25) is 0 Å². The molecule has 0 heterocycles. The van der Waals surface area contributed by atoms with Crippen LogP contribution >= 0.6 is 0 Å². The van der Waals surface area contributed by atoms with E-state index in [9.17, 15) is 9.00 Å². The minimum absolute atomic E-state index is 0.322. The Morgan fingerprint density at radius 2 is 1.92 bits per heavy atom. The van der Waals surface area contributed by atoms with E-state index in [1.165, 1.54) is 0 Å². The third-order valence-corrected chi connectivity index (χ3v) is 4.73. The van der Waals surface area contributed by atoms with E-state index in [4.69, 9.17) is 5.11 Å². The van der Waals surface area contributed by atoms with Crippen LogP contribution in [0.1, 0.15) is 18.9 Å². The summed E-state index contributed by atoms with van der Waals surface area (Å²) in [5.74, 6) is 0.392. The van der Waals surface area contributed by atoms with E-state index in [1.807, 2.05) is 48.5 Å². The Morgan fingerprint density at radius 3 is 2.62 bits per heavy atom. The average molecular weight is 346 g/mol. The zero-order valence-corrected chi connectivity index (χ0v) is 14.4. The van der Waals surface area contributed by atoms with Crippen molar-refractivity contribution >= 4 is 22.5 Å². The number of benzene rings is 2. The highest BCUT2D eigenvalue weighted by Crippen LogP contribution is 2.16. The van der Waals surface area contributed by atoms with Crippen LogP contribution in [0.2, 0.25) is 0 Å². The molecule has 0 aromatic heterocycles. The molecule has 128 valence electrons. The van der Waals surface area contributed by atoms with E-state index < -0.39 is 16.9 Å². The van der Waals surface area contributed by atoms with Gasteiger partial charge in [-0.2, -0.15) is 0 Å². The van der Waals surface area contributed by atoms with E-state index in [0.717, 1.165) is 10.5 Å². The number of nitrogens with one attached hydrogen (secondary N) is 2. The fraction of sp³-hybridized carbons (Fsp3) is 0.278. The maximum atomic E-state index is 12.3. The first-order chi connectivity index (χ1) is 11.5. The summed E-state index contributed by atoms with van der Waals surface area (Å²) in [6.45, 7) is 2.08. The first-order valence-electron chi connectivity index (χ1n) is 7.80. The van der Waals surface area contributed by atoms with Gasteiger partial charge in [-0.1, -0.05) is 30.3 Å². The van der Waals surface area contributed by atoms with Gasteiger partial charge in [0.1, 0.15) is 0 Å². The lowest BCUT2D eigenvalue weighted by Gasteiger charge is -2.10. The molecule has 2 amide bonds. The van der Waals surface area contributed by atoms with Gasteiger partial charge in [-0.15, -0.1) is 0 Å². The van der Waals surface area contributed by atoms with Gasteiger partial charge in [0.25, 0.3) is 0 Å². The smallest absolute Gasteiger partial charge is 0.319 e. The molecule has 0 saturated carbocycles. The molecular weight excluding hydrogens is 324 g/mol. The molecule has 0 radical (unpaired) electrons. The number of rotatable bonds is 7. The van der Waals surface area contributed by atoms with Gasteiger partial charge in [-0.25, -0.2) is 4.79 Å². The zero-order valence-electron chi connectivity index (χ0n) is 13.6. The number of urea groups is 1. The Bertz CT molecular complexity index is 690. The van der Waals surface area contributed by atoms with Crippen LogP contribution in [0, 0.1) is 0 Å². The number of aliphatic hydroxyl groups excluding tert-OH is 1. The second-order valence-corrected chi connectivity index (χ2v) is 6.97. The number of carbonyl (C=O) groups is 1. The molecule has 2 aromatic carbocycles. The van der Waals surface area contributed by atoms with Crippen LogP contribution < -0.4 is 10.6 Å². The van der Waals surface area contributed by atoms with Gasteiger partial charge in [-0.05, 0) is 43.2 Å². The number of amides is 2. The minimum atomic E-state index is -1.12. The molecule has 0 fully saturated rings. The van der Waals surface area contributed by atoms with E-state index >= 15 is 0 Å². The summed E-state index contributed by atoms with van der Waals surface area (Å²) >= 11 is 0. The third-order valence-electron chi connectivity index (χ3n) is 3.34. The Morgan fingerprint density at radius 1 is 1.17 bits per heavy atom. The van der Waals surface area contributed by atoms with Crippen LogP contribution in [0.5, 0.6) is 0 Å². The molecule has 24 heavy (non-hydrogen) atoms. The Kier molecular flexibility index (Phi) is 6.96. The summed E-state index contributed by atoms with van der Waals surface area (Å²) in [7, 11) is -1.12. The number of anilines is 1. The first-order valence-corrected chi connectivity index (χ1v) is 9.12. The molecule has 5 nitrogen and oxygen atoms in total. The molecule has 0 spiro atoms. The van der Waals surface area contributed by atoms with Gasteiger partial charge in [-0.3, -0.25) is 4.21 Å². The quantitative estimate of drug-likeness (QED) is 0.721. The fourth-order valence-electron chi connectivity index (χ4n) is 2.12. The van der Waals surface area contributed by atoms with Gasteiger partial charge in [0.15, 0.2) is 0 Å². The van der Waals surface area contributed by atoms with Crippen LogP contribution in [-0.4, -0.2) is 28.0 Å². The predicted molar refractivity (Wildman–Crippen MR) is 96.3 cm³/mol. The monoisotopic (exact) mass is 346 g/mol. The van der Waals surface area contributed by atoms with Gasteiger partial charge >= 0.3 is 6.03 Å². The maximum absolute atomic E-state index is 12.3. The highest BCUT2D eigenvalue weighted by atomic mass is 32.2. The van der Waals surface area contributed by atoms with Crippen LogP contribution in [0.4, 0.5) is 10.5 Å².